The van der Waals surface area contributed by atoms with Crippen LogP contribution in [0.4, 0.5) is 10.8 Å². The molecule has 0 saturated carbocycles. The molecule has 0 aliphatic carbocycles. The van der Waals surface area contributed by atoms with Crippen LogP contribution < -0.4 is 10.6 Å². The van der Waals surface area contributed by atoms with Gasteiger partial charge in [-0.05, 0) is 36.1 Å². The largest absolute Gasteiger partial charge is 0.325 e. The maximum absolute atomic E-state index is 12.1. The van der Waals surface area contributed by atoms with Crippen LogP contribution in [0.2, 0.25) is 5.02 Å². The summed E-state index contributed by atoms with van der Waals surface area (Å²) in [6, 6.07) is 9.18. The molecule has 2 N–H and O–H groups in total. The lowest BCUT2D eigenvalue weighted by atomic mass is 10.2. The molecule has 0 radical (unpaired) electrons. The summed E-state index contributed by atoms with van der Waals surface area (Å²) in [5.74, 6) is -0.124. The first-order valence-electron chi connectivity index (χ1n) is 7.84. The number of nitrogens with zero attached hydrogens (tertiary/aromatic N) is 2. The number of nitrogens with one attached hydrogen (secondary N) is 2. The predicted molar refractivity (Wildman–Crippen MR) is 112 cm³/mol. The van der Waals surface area contributed by atoms with Gasteiger partial charge < -0.3 is 10.6 Å². The van der Waals surface area contributed by atoms with Gasteiger partial charge in [-0.3, -0.25) is 9.59 Å². The predicted octanol–water partition coefficient (Wildman–Crippen LogP) is 4.47. The number of hydrogen-bond acceptors (Lipinski definition) is 7. The van der Waals surface area contributed by atoms with Gasteiger partial charge in [0.15, 0.2) is 4.34 Å². The summed E-state index contributed by atoms with van der Waals surface area (Å²) in [5.41, 5.74) is 1.60. The van der Waals surface area contributed by atoms with E-state index in [1.165, 1.54) is 34.4 Å². The number of rotatable bonds is 7. The quantitative estimate of drug-likeness (QED) is 0.420. The van der Waals surface area contributed by atoms with Crippen LogP contribution >= 0.6 is 46.0 Å². The zero-order chi connectivity index (χ0) is 19.2. The molecule has 3 aromatic rings. The standard InChI is InChI=1S/C17H15ClN4O2S3/c1-10-4-5-11(7-13(10)18)19-15(24)9-26-17-22-21-16(27-17)20-14(23)8-12-3-2-6-25-12/h2-7H,8-9H2,1H3,(H,19,24)(H,20,21,23). The molecule has 3 rings (SSSR count). The molecule has 0 atom stereocenters. The number of aryl methyl sites for hydroxylation is 1. The van der Waals surface area contributed by atoms with Gasteiger partial charge in [0.2, 0.25) is 16.9 Å². The molecule has 2 amide bonds. The molecule has 0 fully saturated rings. The second kappa shape index (κ2) is 9.32. The summed E-state index contributed by atoms with van der Waals surface area (Å²) in [6.07, 6.45) is 0.307. The van der Waals surface area contributed by atoms with Crippen molar-refractivity contribution in [1.29, 1.82) is 0 Å². The van der Waals surface area contributed by atoms with Crippen LogP contribution in [0.3, 0.4) is 0 Å². The fourth-order valence-corrected chi connectivity index (χ4v) is 4.50. The SMILES string of the molecule is Cc1ccc(NC(=O)CSc2nnc(NC(=O)Cc3cccs3)s2)cc1Cl. The Bertz CT molecular complexity index is 944. The zero-order valence-electron chi connectivity index (χ0n) is 14.2. The van der Waals surface area contributed by atoms with Crippen molar-refractivity contribution in [1.82, 2.24) is 10.2 Å². The monoisotopic (exact) mass is 438 g/mol. The summed E-state index contributed by atoms with van der Waals surface area (Å²) < 4.78 is 0.610. The maximum Gasteiger partial charge on any atom is 0.234 e. The van der Waals surface area contributed by atoms with Gasteiger partial charge in [-0.1, -0.05) is 46.8 Å². The molecule has 2 heterocycles. The average Bonchev–Trinajstić information content (AvgIpc) is 3.28. The van der Waals surface area contributed by atoms with Gasteiger partial charge in [0.1, 0.15) is 0 Å². The van der Waals surface area contributed by atoms with Gasteiger partial charge in [-0.2, -0.15) is 0 Å². The highest BCUT2D eigenvalue weighted by molar-refractivity contribution is 8.01. The number of thioether (sulfide) groups is 1. The fourth-order valence-electron chi connectivity index (χ4n) is 2.05. The van der Waals surface area contributed by atoms with Crippen molar-refractivity contribution in [3.8, 4) is 0 Å². The first kappa shape index (κ1) is 19.8. The molecule has 2 aromatic heterocycles. The third-order valence-corrected chi connectivity index (χ3v) is 6.61. The number of anilines is 2. The van der Waals surface area contributed by atoms with E-state index >= 15 is 0 Å². The molecule has 0 spiro atoms. The molecule has 0 aliphatic heterocycles. The van der Waals surface area contributed by atoms with Gasteiger partial charge in [0.05, 0.1) is 12.2 Å². The van der Waals surface area contributed by atoms with E-state index in [1.54, 1.807) is 12.1 Å². The second-order valence-electron chi connectivity index (χ2n) is 5.48. The van der Waals surface area contributed by atoms with Crippen LogP contribution in [0.15, 0.2) is 40.1 Å². The molecule has 1 aromatic carbocycles. The average molecular weight is 439 g/mol. The Labute approximate surface area is 173 Å². The Morgan fingerprint density at radius 1 is 1.19 bits per heavy atom. The summed E-state index contributed by atoms with van der Waals surface area (Å²) >= 11 is 10.1. The van der Waals surface area contributed by atoms with Crippen molar-refractivity contribution in [3.63, 3.8) is 0 Å². The van der Waals surface area contributed by atoms with E-state index in [4.69, 9.17) is 11.6 Å². The Hall–Kier alpha value is -1.94. The molecule has 140 valence electrons. The van der Waals surface area contributed by atoms with Crippen molar-refractivity contribution < 1.29 is 9.59 Å². The summed E-state index contributed by atoms with van der Waals surface area (Å²) in [5, 5.41) is 16.4. The van der Waals surface area contributed by atoms with Crippen LogP contribution in [0.1, 0.15) is 10.4 Å². The third kappa shape index (κ3) is 6.03. The fraction of sp³-hybridized carbons (Fsp3) is 0.176. The minimum atomic E-state index is -0.168. The minimum absolute atomic E-state index is 0.140. The number of carbonyl (C=O) groups excluding carboxylic acids is 2. The Kier molecular flexibility index (Phi) is 6.84. The number of hydrogen-bond donors (Lipinski definition) is 2. The minimum Gasteiger partial charge on any atom is -0.325 e. The third-order valence-electron chi connectivity index (χ3n) is 3.35. The second-order valence-corrected chi connectivity index (χ2v) is 9.12. The summed E-state index contributed by atoms with van der Waals surface area (Å²) in [7, 11) is 0. The van der Waals surface area contributed by atoms with Crippen LogP contribution in [0.25, 0.3) is 0 Å². The van der Waals surface area contributed by atoms with Gasteiger partial charge in [0.25, 0.3) is 0 Å². The molecule has 0 saturated heterocycles. The molecule has 0 unspecified atom stereocenters. The highest BCUT2D eigenvalue weighted by Crippen LogP contribution is 2.26. The Morgan fingerprint density at radius 3 is 2.78 bits per heavy atom. The van der Waals surface area contributed by atoms with E-state index < -0.39 is 0 Å². The lowest BCUT2D eigenvalue weighted by molar-refractivity contribution is -0.115. The Balaban J connectivity index is 1.46. The van der Waals surface area contributed by atoms with E-state index in [0.717, 1.165) is 10.4 Å². The number of amides is 2. The summed E-state index contributed by atoms with van der Waals surface area (Å²) in [4.78, 5) is 25.0. The van der Waals surface area contributed by atoms with E-state index in [-0.39, 0.29) is 17.6 Å². The first-order chi connectivity index (χ1) is 13.0. The van der Waals surface area contributed by atoms with Gasteiger partial charge in [-0.25, -0.2) is 0 Å². The molecule has 6 nitrogen and oxygen atoms in total. The molecular formula is C17H15ClN4O2S3. The lowest BCUT2D eigenvalue weighted by Crippen LogP contribution is -2.13. The molecule has 10 heteroatoms. The lowest BCUT2D eigenvalue weighted by Gasteiger charge is -2.05. The molecular weight excluding hydrogens is 424 g/mol. The van der Waals surface area contributed by atoms with Gasteiger partial charge >= 0.3 is 0 Å². The van der Waals surface area contributed by atoms with E-state index in [1.807, 2.05) is 30.5 Å². The zero-order valence-corrected chi connectivity index (χ0v) is 17.4. The number of aromatic nitrogens is 2. The Morgan fingerprint density at radius 2 is 2.04 bits per heavy atom. The highest BCUT2D eigenvalue weighted by atomic mass is 35.5. The van der Waals surface area contributed by atoms with E-state index in [9.17, 15) is 9.59 Å². The molecule has 27 heavy (non-hydrogen) atoms. The van der Waals surface area contributed by atoms with Crippen LogP contribution in [-0.2, 0) is 16.0 Å². The van der Waals surface area contributed by atoms with Crippen LogP contribution in [0, 0.1) is 6.92 Å². The van der Waals surface area contributed by atoms with Crippen molar-refractivity contribution >= 4 is 68.7 Å². The number of thiophene rings is 1. The topological polar surface area (TPSA) is 84.0 Å². The van der Waals surface area contributed by atoms with Crippen molar-refractivity contribution in [2.45, 2.75) is 17.7 Å². The van der Waals surface area contributed by atoms with Gasteiger partial charge in [-0.15, -0.1) is 21.5 Å². The number of benzene rings is 1. The van der Waals surface area contributed by atoms with Crippen molar-refractivity contribution in [2.24, 2.45) is 0 Å². The van der Waals surface area contributed by atoms with Crippen molar-refractivity contribution in [3.05, 3.63) is 51.2 Å². The molecule has 0 aliphatic rings. The maximum atomic E-state index is 12.1. The van der Waals surface area contributed by atoms with Crippen LogP contribution in [-0.4, -0.2) is 27.8 Å². The number of halogens is 1. The van der Waals surface area contributed by atoms with E-state index in [0.29, 0.717) is 26.6 Å². The van der Waals surface area contributed by atoms with E-state index in [2.05, 4.69) is 20.8 Å². The van der Waals surface area contributed by atoms with Crippen LogP contribution in [0.5, 0.6) is 0 Å². The van der Waals surface area contributed by atoms with Gasteiger partial charge in [0, 0.05) is 15.6 Å². The van der Waals surface area contributed by atoms with Crippen molar-refractivity contribution in [2.75, 3.05) is 16.4 Å². The normalized spacial score (nSPS) is 10.6. The molecule has 0 bridgehead atoms. The highest BCUT2D eigenvalue weighted by Gasteiger charge is 2.12. The first-order valence-corrected chi connectivity index (χ1v) is 10.9. The number of carbonyl (C=O) groups is 2. The summed E-state index contributed by atoms with van der Waals surface area (Å²) in [6.45, 7) is 1.90. The smallest absolute Gasteiger partial charge is 0.234 e.